The Labute approximate surface area is 127 Å². The topological polar surface area (TPSA) is 95.5 Å². The van der Waals surface area contributed by atoms with Crippen molar-refractivity contribution < 1.29 is 18.9 Å². The first-order chi connectivity index (χ1) is 9.43. The molecule has 1 aromatic carbocycles. The van der Waals surface area contributed by atoms with Gasteiger partial charge in [-0.2, -0.15) is 0 Å². The average molecular weight is 363 g/mol. The van der Waals surface area contributed by atoms with Gasteiger partial charge in [0.15, 0.2) is 0 Å². The maximum Gasteiger partial charge on any atom is 0.337 e. The number of carbonyl (C=O) groups is 2. The van der Waals surface area contributed by atoms with Gasteiger partial charge in [-0.1, -0.05) is 22.9 Å². The summed E-state index contributed by atoms with van der Waals surface area (Å²) in [7, 11) is -0.948. The summed E-state index contributed by atoms with van der Waals surface area (Å²) in [4.78, 5) is 22.7. The molecule has 0 radical (unpaired) electrons. The molecule has 1 atom stereocenters. The molecule has 1 unspecified atom stereocenters. The molecular weight excluding hydrogens is 348 g/mol. The van der Waals surface area contributed by atoms with Gasteiger partial charge in [0.2, 0.25) is 0 Å². The van der Waals surface area contributed by atoms with Gasteiger partial charge in [0, 0.05) is 33.3 Å². The molecule has 8 heteroatoms. The number of urea groups is 1. The summed E-state index contributed by atoms with van der Waals surface area (Å²) in [6.07, 6.45) is 0. The van der Waals surface area contributed by atoms with Crippen LogP contribution in [0.4, 0.5) is 10.5 Å². The van der Waals surface area contributed by atoms with Gasteiger partial charge in [0.25, 0.3) is 0 Å². The number of nitrogens with one attached hydrogen (secondary N) is 2. The third-order valence-corrected chi connectivity index (χ3v) is 4.19. The number of carbonyl (C=O) groups excluding carboxylic acids is 1. The molecule has 1 aromatic rings. The summed E-state index contributed by atoms with van der Waals surface area (Å²) in [6.45, 7) is 2.07. The zero-order chi connectivity index (χ0) is 15.1. The van der Waals surface area contributed by atoms with Gasteiger partial charge in [-0.15, -0.1) is 0 Å². The summed E-state index contributed by atoms with van der Waals surface area (Å²) >= 11 is 3.17. The van der Waals surface area contributed by atoms with Crippen molar-refractivity contribution in [2.24, 2.45) is 0 Å². The number of anilines is 1. The molecule has 0 saturated carbocycles. The molecule has 20 heavy (non-hydrogen) atoms. The predicted molar refractivity (Wildman–Crippen MR) is 81.7 cm³/mol. The van der Waals surface area contributed by atoms with Crippen molar-refractivity contribution >= 4 is 44.4 Å². The molecule has 0 aliphatic carbocycles. The molecule has 0 aliphatic rings. The largest absolute Gasteiger partial charge is 0.478 e. The molecular formula is C12H15BrN2O4S. The van der Waals surface area contributed by atoms with Crippen LogP contribution in [0, 0.1) is 0 Å². The first kappa shape index (κ1) is 16.6. The molecule has 0 spiro atoms. The summed E-state index contributed by atoms with van der Waals surface area (Å²) < 4.78 is 11.8. The monoisotopic (exact) mass is 362 g/mol. The second kappa shape index (κ2) is 8.01. The molecule has 0 bridgehead atoms. The number of carboxylic acid groups (broad SMARTS) is 1. The van der Waals surface area contributed by atoms with E-state index in [-0.39, 0.29) is 17.8 Å². The fourth-order valence-corrected chi connectivity index (χ4v) is 2.37. The van der Waals surface area contributed by atoms with Gasteiger partial charge in [0.05, 0.1) is 11.3 Å². The number of amides is 2. The Hall–Kier alpha value is -1.41. The lowest BCUT2D eigenvalue weighted by Gasteiger charge is -2.10. The van der Waals surface area contributed by atoms with E-state index >= 15 is 0 Å². The van der Waals surface area contributed by atoms with E-state index in [9.17, 15) is 13.8 Å². The quantitative estimate of drug-likeness (QED) is 0.721. The Balaban J connectivity index is 2.62. The van der Waals surface area contributed by atoms with Crippen LogP contribution < -0.4 is 10.6 Å². The first-order valence-electron chi connectivity index (χ1n) is 5.86. The van der Waals surface area contributed by atoms with E-state index in [2.05, 4.69) is 26.6 Å². The molecule has 0 fully saturated rings. The molecule has 2 amide bonds. The number of carboxylic acids is 1. The standard InChI is InChI=1S/C12H15BrN2O4S/c1-2-20(19)6-5-14-12(18)15-10-4-3-8(13)7-9(10)11(16)17/h3-4,7H,2,5-6H2,1H3,(H,16,17)(H2,14,15,18). The lowest BCUT2D eigenvalue weighted by molar-refractivity contribution is 0.0698. The molecule has 6 nitrogen and oxygen atoms in total. The fraction of sp³-hybridized carbons (Fsp3) is 0.333. The zero-order valence-corrected chi connectivity index (χ0v) is 13.2. The van der Waals surface area contributed by atoms with Crippen LogP contribution in [-0.2, 0) is 10.8 Å². The van der Waals surface area contributed by atoms with E-state index < -0.39 is 22.8 Å². The summed E-state index contributed by atoms with van der Waals surface area (Å²) in [5.74, 6) is -0.219. The van der Waals surface area contributed by atoms with Crippen molar-refractivity contribution in [3.8, 4) is 0 Å². The predicted octanol–water partition coefficient (Wildman–Crippen LogP) is 2.04. The minimum Gasteiger partial charge on any atom is -0.478 e. The molecule has 0 aliphatic heterocycles. The summed E-state index contributed by atoms with van der Waals surface area (Å²) in [5.41, 5.74) is 0.196. The number of hydrogen-bond donors (Lipinski definition) is 3. The maximum atomic E-state index is 11.6. The third kappa shape index (κ3) is 5.30. The smallest absolute Gasteiger partial charge is 0.337 e. The van der Waals surface area contributed by atoms with Crippen LogP contribution >= 0.6 is 15.9 Å². The zero-order valence-electron chi connectivity index (χ0n) is 10.8. The lowest BCUT2D eigenvalue weighted by atomic mass is 10.2. The Morgan fingerprint density at radius 2 is 2.10 bits per heavy atom. The van der Waals surface area contributed by atoms with Gasteiger partial charge in [-0.3, -0.25) is 4.21 Å². The highest BCUT2D eigenvalue weighted by Crippen LogP contribution is 2.21. The number of benzene rings is 1. The van der Waals surface area contributed by atoms with Crippen LogP contribution in [0.1, 0.15) is 17.3 Å². The highest BCUT2D eigenvalue weighted by molar-refractivity contribution is 9.10. The Kier molecular flexibility index (Phi) is 6.66. The lowest BCUT2D eigenvalue weighted by Crippen LogP contribution is -2.32. The maximum absolute atomic E-state index is 11.6. The van der Waals surface area contributed by atoms with Crippen LogP contribution in [0.2, 0.25) is 0 Å². The average Bonchev–Trinajstić information content (AvgIpc) is 2.40. The minimum absolute atomic E-state index is 0.00772. The van der Waals surface area contributed by atoms with Crippen molar-refractivity contribution in [1.82, 2.24) is 5.32 Å². The van der Waals surface area contributed by atoms with Crippen molar-refractivity contribution in [3.05, 3.63) is 28.2 Å². The van der Waals surface area contributed by atoms with Crippen LogP contribution in [0.3, 0.4) is 0 Å². The van der Waals surface area contributed by atoms with E-state index in [4.69, 9.17) is 5.11 Å². The van der Waals surface area contributed by atoms with E-state index in [0.717, 1.165) is 0 Å². The van der Waals surface area contributed by atoms with Gasteiger partial charge < -0.3 is 15.7 Å². The van der Waals surface area contributed by atoms with Gasteiger partial charge >= 0.3 is 12.0 Å². The first-order valence-corrected chi connectivity index (χ1v) is 8.14. The van der Waals surface area contributed by atoms with Crippen LogP contribution in [0.15, 0.2) is 22.7 Å². The van der Waals surface area contributed by atoms with E-state index in [1.165, 1.54) is 12.1 Å². The van der Waals surface area contributed by atoms with Gasteiger partial charge in [-0.05, 0) is 18.2 Å². The van der Waals surface area contributed by atoms with E-state index in [0.29, 0.717) is 16.0 Å². The number of aromatic carboxylic acids is 1. The Morgan fingerprint density at radius 3 is 2.70 bits per heavy atom. The third-order valence-electron chi connectivity index (χ3n) is 2.40. The second-order valence-electron chi connectivity index (χ2n) is 3.81. The highest BCUT2D eigenvalue weighted by atomic mass is 79.9. The van der Waals surface area contributed by atoms with Crippen LogP contribution in [0.25, 0.3) is 0 Å². The van der Waals surface area contributed by atoms with Crippen molar-refractivity contribution in [2.75, 3.05) is 23.4 Å². The van der Waals surface area contributed by atoms with Gasteiger partial charge in [-0.25, -0.2) is 9.59 Å². The Morgan fingerprint density at radius 1 is 1.40 bits per heavy atom. The second-order valence-corrected chi connectivity index (χ2v) is 6.59. The van der Waals surface area contributed by atoms with E-state index in [1.54, 1.807) is 13.0 Å². The molecule has 0 aromatic heterocycles. The van der Waals surface area contributed by atoms with Gasteiger partial charge in [0.1, 0.15) is 0 Å². The SMILES string of the molecule is CCS(=O)CCNC(=O)Nc1ccc(Br)cc1C(=O)O. The molecule has 1 rings (SSSR count). The van der Waals surface area contributed by atoms with Crippen molar-refractivity contribution in [1.29, 1.82) is 0 Å². The number of hydrogen-bond acceptors (Lipinski definition) is 3. The highest BCUT2D eigenvalue weighted by Gasteiger charge is 2.12. The Bertz CT molecular complexity index is 536. The van der Waals surface area contributed by atoms with Crippen LogP contribution in [0.5, 0.6) is 0 Å². The summed E-state index contributed by atoms with van der Waals surface area (Å²) in [5, 5.41) is 14.0. The van der Waals surface area contributed by atoms with Crippen molar-refractivity contribution in [3.63, 3.8) is 0 Å². The number of halogens is 1. The molecule has 110 valence electrons. The normalized spacial score (nSPS) is 11.7. The molecule has 0 saturated heterocycles. The van der Waals surface area contributed by atoms with Crippen LogP contribution in [-0.4, -0.2) is 39.4 Å². The molecule has 0 heterocycles. The molecule has 3 N–H and O–H groups in total. The fourth-order valence-electron chi connectivity index (χ4n) is 1.39. The summed E-state index contributed by atoms with van der Waals surface area (Å²) in [6, 6.07) is 4.01. The van der Waals surface area contributed by atoms with Crippen molar-refractivity contribution in [2.45, 2.75) is 6.92 Å². The minimum atomic E-state index is -1.13. The number of rotatable bonds is 6. The van der Waals surface area contributed by atoms with E-state index in [1.807, 2.05) is 0 Å².